The molecule has 1 heterocycles. The fourth-order valence-corrected chi connectivity index (χ4v) is 3.18. The van der Waals surface area contributed by atoms with Gasteiger partial charge in [0.15, 0.2) is 20.6 Å². The molecular weight excluding hydrogens is 264 g/mol. The van der Waals surface area contributed by atoms with Crippen molar-refractivity contribution in [3.63, 3.8) is 0 Å². The molecule has 1 atom stereocenters. The lowest BCUT2D eigenvalue weighted by atomic mass is 10.2. The van der Waals surface area contributed by atoms with E-state index < -0.39 is 9.84 Å². The van der Waals surface area contributed by atoms with Gasteiger partial charge in [0.05, 0.1) is 6.04 Å². The number of hydrogen-bond acceptors (Lipinski definition) is 5. The first kappa shape index (κ1) is 14.2. The predicted molar refractivity (Wildman–Crippen MR) is 76.0 cm³/mol. The zero-order chi connectivity index (χ0) is 14.2. The predicted octanol–water partition coefficient (Wildman–Crippen LogP) is 1.66. The normalized spacial score (nSPS) is 17.4. The van der Waals surface area contributed by atoms with E-state index in [1.54, 1.807) is 4.68 Å². The van der Waals surface area contributed by atoms with Gasteiger partial charge in [0.2, 0.25) is 0 Å². The van der Waals surface area contributed by atoms with Crippen LogP contribution in [-0.2, 0) is 9.84 Å². The highest BCUT2D eigenvalue weighted by Crippen LogP contribution is 2.41. The highest BCUT2D eigenvalue weighted by Gasteiger charge is 2.33. The van der Waals surface area contributed by atoms with Crippen molar-refractivity contribution in [2.24, 2.45) is 5.92 Å². The summed E-state index contributed by atoms with van der Waals surface area (Å²) in [5.41, 5.74) is 6.01. The van der Waals surface area contributed by atoms with Gasteiger partial charge in [-0.05, 0) is 32.1 Å². The van der Waals surface area contributed by atoms with Crippen molar-refractivity contribution in [1.82, 2.24) is 9.78 Å². The Morgan fingerprint density at radius 3 is 2.63 bits per heavy atom. The standard InChI is InChI=1S/C12H22N4O2S/c1-4-7-14-12-10(19(3,17)18)11(13)16(15-12)8(2)9-5-6-9/h8-9H,4-7,13H2,1-3H3,(H,14,15). The van der Waals surface area contributed by atoms with E-state index in [-0.39, 0.29) is 16.8 Å². The molecular formula is C12H22N4O2S. The van der Waals surface area contributed by atoms with Gasteiger partial charge in [-0.25, -0.2) is 13.1 Å². The van der Waals surface area contributed by atoms with Crippen LogP contribution in [0.1, 0.15) is 39.2 Å². The Balaban J connectivity index is 2.43. The van der Waals surface area contributed by atoms with E-state index >= 15 is 0 Å². The van der Waals surface area contributed by atoms with Crippen molar-refractivity contribution in [3.8, 4) is 0 Å². The van der Waals surface area contributed by atoms with Crippen LogP contribution in [0.25, 0.3) is 0 Å². The summed E-state index contributed by atoms with van der Waals surface area (Å²) in [4.78, 5) is 0.133. The maximum atomic E-state index is 11.9. The number of hydrogen-bond donors (Lipinski definition) is 2. The molecule has 108 valence electrons. The van der Waals surface area contributed by atoms with Crippen LogP contribution in [0.4, 0.5) is 11.6 Å². The molecule has 1 fully saturated rings. The summed E-state index contributed by atoms with van der Waals surface area (Å²) < 4.78 is 25.4. The van der Waals surface area contributed by atoms with Crippen LogP contribution in [0.2, 0.25) is 0 Å². The molecule has 1 saturated carbocycles. The lowest BCUT2D eigenvalue weighted by Gasteiger charge is -2.12. The van der Waals surface area contributed by atoms with Crippen LogP contribution in [0.3, 0.4) is 0 Å². The summed E-state index contributed by atoms with van der Waals surface area (Å²) in [5, 5.41) is 7.43. The number of nitrogen functional groups attached to an aromatic ring is 1. The number of aromatic nitrogens is 2. The number of nitrogens with zero attached hydrogens (tertiary/aromatic N) is 2. The van der Waals surface area contributed by atoms with Crippen LogP contribution < -0.4 is 11.1 Å². The average Bonchev–Trinajstić information content (AvgIpc) is 3.09. The molecule has 0 bridgehead atoms. The number of nitrogens with one attached hydrogen (secondary N) is 1. The molecule has 0 radical (unpaired) electrons. The number of anilines is 2. The summed E-state index contributed by atoms with van der Waals surface area (Å²) in [5.74, 6) is 1.20. The summed E-state index contributed by atoms with van der Waals surface area (Å²) in [6, 6.07) is 0.151. The monoisotopic (exact) mass is 286 g/mol. The third-order valence-corrected chi connectivity index (χ3v) is 4.65. The summed E-state index contributed by atoms with van der Waals surface area (Å²) >= 11 is 0. The zero-order valence-electron chi connectivity index (χ0n) is 11.7. The van der Waals surface area contributed by atoms with Crippen molar-refractivity contribution < 1.29 is 8.42 Å². The minimum absolute atomic E-state index is 0.133. The van der Waals surface area contributed by atoms with E-state index in [2.05, 4.69) is 10.4 Å². The van der Waals surface area contributed by atoms with Gasteiger partial charge in [-0.1, -0.05) is 6.92 Å². The molecule has 6 nitrogen and oxygen atoms in total. The van der Waals surface area contributed by atoms with Crippen LogP contribution in [0.5, 0.6) is 0 Å². The number of rotatable bonds is 6. The molecule has 1 aliphatic rings. The Hall–Kier alpha value is -1.24. The molecule has 3 N–H and O–H groups in total. The van der Waals surface area contributed by atoms with E-state index in [9.17, 15) is 8.42 Å². The van der Waals surface area contributed by atoms with Crippen LogP contribution >= 0.6 is 0 Å². The molecule has 0 aromatic carbocycles. The van der Waals surface area contributed by atoms with Gasteiger partial charge < -0.3 is 11.1 Å². The molecule has 0 spiro atoms. The molecule has 0 aliphatic heterocycles. The van der Waals surface area contributed by atoms with Gasteiger partial charge in [0, 0.05) is 12.8 Å². The molecule has 1 aliphatic carbocycles. The molecule has 2 rings (SSSR count). The second-order valence-corrected chi connectivity index (χ2v) is 7.24. The average molecular weight is 286 g/mol. The Labute approximate surface area is 114 Å². The van der Waals surface area contributed by atoms with Crippen molar-refractivity contribution in [1.29, 1.82) is 0 Å². The lowest BCUT2D eigenvalue weighted by Crippen LogP contribution is -2.13. The van der Waals surface area contributed by atoms with Crippen molar-refractivity contribution in [3.05, 3.63) is 0 Å². The smallest absolute Gasteiger partial charge is 0.182 e. The Morgan fingerprint density at radius 2 is 2.16 bits per heavy atom. The van der Waals surface area contributed by atoms with Crippen LogP contribution in [-0.4, -0.2) is 31.0 Å². The van der Waals surface area contributed by atoms with Crippen LogP contribution in [0.15, 0.2) is 4.90 Å². The highest BCUT2D eigenvalue weighted by atomic mass is 32.2. The third-order valence-electron chi connectivity index (χ3n) is 3.51. The topological polar surface area (TPSA) is 90.0 Å². The molecule has 0 saturated heterocycles. The first-order valence-corrected chi connectivity index (χ1v) is 8.57. The first-order valence-electron chi connectivity index (χ1n) is 6.68. The maximum Gasteiger partial charge on any atom is 0.182 e. The molecule has 19 heavy (non-hydrogen) atoms. The first-order chi connectivity index (χ1) is 8.86. The highest BCUT2D eigenvalue weighted by molar-refractivity contribution is 7.91. The van der Waals surface area contributed by atoms with E-state index in [4.69, 9.17) is 5.73 Å². The van der Waals surface area contributed by atoms with E-state index in [1.807, 2.05) is 13.8 Å². The summed E-state index contributed by atoms with van der Waals surface area (Å²) in [6.07, 6.45) is 4.39. The van der Waals surface area contributed by atoms with Gasteiger partial charge >= 0.3 is 0 Å². The number of nitrogens with two attached hydrogens (primary N) is 1. The Bertz CT molecular complexity index is 561. The molecule has 0 amide bonds. The zero-order valence-corrected chi connectivity index (χ0v) is 12.5. The Kier molecular flexibility index (Phi) is 3.75. The van der Waals surface area contributed by atoms with Gasteiger partial charge in [-0.3, -0.25) is 0 Å². The summed E-state index contributed by atoms with van der Waals surface area (Å²) in [6.45, 7) is 4.73. The van der Waals surface area contributed by atoms with Crippen molar-refractivity contribution >= 4 is 21.5 Å². The third kappa shape index (κ3) is 2.86. The fourth-order valence-electron chi connectivity index (χ4n) is 2.25. The minimum Gasteiger partial charge on any atom is -0.383 e. The van der Waals surface area contributed by atoms with Gasteiger partial charge in [-0.2, -0.15) is 5.10 Å². The van der Waals surface area contributed by atoms with E-state index in [0.29, 0.717) is 18.3 Å². The van der Waals surface area contributed by atoms with E-state index in [1.165, 1.54) is 6.26 Å². The number of sulfone groups is 1. The quantitative estimate of drug-likeness (QED) is 0.830. The maximum absolute atomic E-state index is 11.9. The molecule has 1 aromatic heterocycles. The largest absolute Gasteiger partial charge is 0.383 e. The van der Waals surface area contributed by atoms with Gasteiger partial charge in [0.25, 0.3) is 0 Å². The van der Waals surface area contributed by atoms with Crippen molar-refractivity contribution in [2.75, 3.05) is 23.9 Å². The molecule has 7 heteroatoms. The second-order valence-electron chi connectivity index (χ2n) is 5.28. The SMILES string of the molecule is CCCNc1nn(C(C)C2CC2)c(N)c1S(C)(=O)=O. The minimum atomic E-state index is -3.38. The lowest BCUT2D eigenvalue weighted by molar-refractivity contribution is 0.446. The second kappa shape index (κ2) is 5.03. The van der Waals surface area contributed by atoms with Gasteiger partial charge in [-0.15, -0.1) is 0 Å². The van der Waals surface area contributed by atoms with Crippen LogP contribution in [0, 0.1) is 5.92 Å². The van der Waals surface area contributed by atoms with E-state index in [0.717, 1.165) is 19.3 Å². The molecule has 1 unspecified atom stereocenters. The van der Waals surface area contributed by atoms with Gasteiger partial charge in [0.1, 0.15) is 5.82 Å². The van der Waals surface area contributed by atoms with Crippen molar-refractivity contribution in [2.45, 2.75) is 44.0 Å². The Morgan fingerprint density at radius 1 is 1.53 bits per heavy atom. The summed E-state index contributed by atoms with van der Waals surface area (Å²) in [7, 11) is -3.38. The fraction of sp³-hybridized carbons (Fsp3) is 0.750. The molecule has 1 aromatic rings.